The number of nitrogens with two attached hydrogens (primary N) is 3. The number of unbranched alkanes of at least 4 members (excludes halogenated alkanes) is 1. The van der Waals surface area contributed by atoms with Gasteiger partial charge in [0.1, 0.15) is 58.6 Å². The van der Waals surface area contributed by atoms with Crippen molar-refractivity contribution in [2.24, 2.45) is 11.5 Å². The van der Waals surface area contributed by atoms with Gasteiger partial charge in [0, 0.05) is 33.7 Å². The van der Waals surface area contributed by atoms with Crippen LogP contribution in [0.4, 0.5) is 5.82 Å². The zero-order chi connectivity index (χ0) is 39.2. The molecule has 0 unspecified atom stereocenters. The van der Waals surface area contributed by atoms with Crippen molar-refractivity contribution >= 4 is 77.2 Å². The molecule has 5 aromatic rings. The summed E-state index contributed by atoms with van der Waals surface area (Å²) in [6.07, 6.45) is 2.14. The third-order valence-electron chi connectivity index (χ3n) is 8.34. The summed E-state index contributed by atoms with van der Waals surface area (Å²) in [6, 6.07) is 26.1. The number of esters is 1. The lowest BCUT2D eigenvalue weighted by Crippen LogP contribution is -2.50. The standard InChI is InChI=1S/C40H39ClN8O4S2.2ClH/c41-28-13-9-27(10-14-28)38-47-29(23-54-38)24-55-39-32(22-44)35(31(21-43)36(46)49-39)26-11-15-30(16-12-26)52-18-19-53-40(51)34(20-25-6-2-1-3-7-25)48-37(50)33(45)8-4-5-17-42;;/h1-3,6-7,9-16,23,33-34H,4-5,8,17-20,24,42,45H2,(H2,46,49)(H,48,50);2*1H/t33-,34-;;/m0../s1. The van der Waals surface area contributed by atoms with Crippen LogP contribution in [0.25, 0.3) is 21.7 Å². The van der Waals surface area contributed by atoms with Gasteiger partial charge in [-0.1, -0.05) is 84.4 Å². The molecule has 0 spiro atoms. The highest BCUT2D eigenvalue weighted by atomic mass is 35.5. The Labute approximate surface area is 356 Å². The topological polar surface area (TPSA) is 216 Å². The molecule has 298 valence electrons. The molecule has 0 fully saturated rings. The number of rotatable bonds is 18. The molecule has 2 atom stereocenters. The third kappa shape index (κ3) is 13.1. The number of carbonyl (C=O) groups is 2. The van der Waals surface area contributed by atoms with Crippen LogP contribution in [-0.2, 0) is 26.5 Å². The number of aromatic nitrogens is 2. The van der Waals surface area contributed by atoms with E-state index in [2.05, 4.69) is 22.4 Å². The summed E-state index contributed by atoms with van der Waals surface area (Å²) in [5.41, 5.74) is 21.7. The molecule has 0 aliphatic rings. The second kappa shape index (κ2) is 23.4. The van der Waals surface area contributed by atoms with Gasteiger partial charge in [0.2, 0.25) is 5.91 Å². The van der Waals surface area contributed by atoms with Crippen LogP contribution >= 0.6 is 59.5 Å². The highest BCUT2D eigenvalue weighted by Gasteiger charge is 2.26. The number of nitrogen functional groups attached to an aromatic ring is 1. The number of ether oxygens (including phenoxy) is 2. The minimum Gasteiger partial charge on any atom is -0.490 e. The van der Waals surface area contributed by atoms with E-state index in [9.17, 15) is 20.1 Å². The first-order chi connectivity index (χ1) is 26.7. The van der Waals surface area contributed by atoms with Crippen molar-refractivity contribution in [1.82, 2.24) is 15.3 Å². The van der Waals surface area contributed by atoms with E-state index in [-0.39, 0.29) is 61.4 Å². The molecule has 0 saturated carbocycles. The number of anilines is 1. The Morgan fingerprint density at radius 3 is 2.26 bits per heavy atom. The molecule has 12 nitrogen and oxygen atoms in total. The molecule has 7 N–H and O–H groups in total. The molecule has 57 heavy (non-hydrogen) atoms. The van der Waals surface area contributed by atoms with Crippen LogP contribution in [0.5, 0.6) is 5.75 Å². The number of carbonyl (C=O) groups excluding carboxylic acids is 2. The zero-order valence-corrected chi connectivity index (χ0v) is 34.6. The molecule has 0 bridgehead atoms. The Balaban J connectivity index is 0.00000435. The molecule has 0 aliphatic heterocycles. The Hall–Kier alpha value is -4.90. The van der Waals surface area contributed by atoms with Crippen LogP contribution in [0.2, 0.25) is 5.02 Å². The van der Waals surface area contributed by atoms with Crippen molar-refractivity contribution in [2.75, 3.05) is 25.5 Å². The van der Waals surface area contributed by atoms with Crippen LogP contribution in [0.3, 0.4) is 0 Å². The van der Waals surface area contributed by atoms with Gasteiger partial charge < -0.3 is 32.0 Å². The predicted molar refractivity (Wildman–Crippen MR) is 230 cm³/mol. The molecular weight excluding hydrogens is 827 g/mol. The largest absolute Gasteiger partial charge is 0.490 e. The number of nitrogens with one attached hydrogen (secondary N) is 1. The van der Waals surface area contributed by atoms with Crippen molar-refractivity contribution < 1.29 is 19.1 Å². The van der Waals surface area contributed by atoms with Crippen LogP contribution in [-0.4, -0.2) is 53.7 Å². The van der Waals surface area contributed by atoms with E-state index in [0.717, 1.165) is 28.2 Å². The van der Waals surface area contributed by atoms with Gasteiger partial charge in [-0.25, -0.2) is 14.8 Å². The molecule has 1 amide bonds. The van der Waals surface area contributed by atoms with E-state index in [1.54, 1.807) is 24.3 Å². The van der Waals surface area contributed by atoms with E-state index in [0.29, 0.717) is 52.1 Å². The number of benzene rings is 3. The summed E-state index contributed by atoms with van der Waals surface area (Å²) < 4.78 is 11.3. The zero-order valence-electron chi connectivity index (χ0n) is 30.6. The molecule has 5 rings (SSSR count). The maximum absolute atomic E-state index is 13.1. The van der Waals surface area contributed by atoms with Crippen LogP contribution in [0.15, 0.2) is 89.3 Å². The second-order valence-electron chi connectivity index (χ2n) is 12.3. The lowest BCUT2D eigenvalue weighted by molar-refractivity contribution is -0.148. The number of nitriles is 2. The maximum atomic E-state index is 13.1. The monoisotopic (exact) mass is 866 g/mol. The lowest BCUT2D eigenvalue weighted by Gasteiger charge is -2.20. The van der Waals surface area contributed by atoms with Gasteiger partial charge in [-0.15, -0.1) is 36.2 Å². The summed E-state index contributed by atoms with van der Waals surface area (Å²) in [7, 11) is 0. The first kappa shape index (κ1) is 46.5. The van der Waals surface area contributed by atoms with Crippen molar-refractivity contribution in [2.45, 2.75) is 48.5 Å². The Bertz CT molecular complexity index is 2160. The summed E-state index contributed by atoms with van der Waals surface area (Å²) in [6.45, 7) is 0.460. The molecule has 0 saturated heterocycles. The maximum Gasteiger partial charge on any atom is 0.329 e. The molecule has 0 radical (unpaired) electrons. The molecule has 2 aromatic heterocycles. The number of amides is 1. The predicted octanol–water partition coefficient (Wildman–Crippen LogP) is 7.09. The van der Waals surface area contributed by atoms with Crippen molar-refractivity contribution in [3.63, 3.8) is 0 Å². The number of hydrogen-bond acceptors (Lipinski definition) is 13. The lowest BCUT2D eigenvalue weighted by atomic mass is 9.97. The summed E-state index contributed by atoms with van der Waals surface area (Å²) in [5.74, 6) is -0.146. The van der Waals surface area contributed by atoms with Gasteiger partial charge >= 0.3 is 5.97 Å². The van der Waals surface area contributed by atoms with E-state index in [4.69, 9.17) is 43.3 Å². The smallest absolute Gasteiger partial charge is 0.329 e. The number of halogens is 3. The van der Waals surface area contributed by atoms with Gasteiger partial charge in [0.25, 0.3) is 0 Å². The molecule has 0 aliphatic carbocycles. The number of thiazole rings is 1. The fraction of sp³-hybridized carbons (Fsp3) is 0.250. The van der Waals surface area contributed by atoms with Gasteiger partial charge in [0.15, 0.2) is 0 Å². The van der Waals surface area contributed by atoms with Crippen molar-refractivity contribution in [1.29, 1.82) is 10.5 Å². The normalized spacial score (nSPS) is 11.5. The van der Waals surface area contributed by atoms with Crippen molar-refractivity contribution in [3.05, 3.63) is 112 Å². The van der Waals surface area contributed by atoms with Gasteiger partial charge in [-0.05, 0) is 54.8 Å². The Kier molecular flexibility index (Phi) is 19.0. The van der Waals surface area contributed by atoms with Gasteiger partial charge in [-0.2, -0.15) is 10.5 Å². The number of nitrogens with zero attached hydrogens (tertiary/aromatic N) is 4. The average Bonchev–Trinajstić information content (AvgIpc) is 3.68. The van der Waals surface area contributed by atoms with E-state index in [1.807, 2.05) is 60.0 Å². The first-order valence-corrected chi connectivity index (χ1v) is 19.6. The van der Waals surface area contributed by atoms with Gasteiger partial charge in [-0.3, -0.25) is 4.79 Å². The van der Waals surface area contributed by atoms with Crippen LogP contribution in [0.1, 0.15) is 41.6 Å². The van der Waals surface area contributed by atoms with Crippen LogP contribution in [0, 0.1) is 22.7 Å². The molecule has 3 aromatic carbocycles. The second-order valence-corrected chi connectivity index (χ2v) is 14.5. The van der Waals surface area contributed by atoms with Gasteiger partial charge in [0.05, 0.1) is 17.3 Å². The van der Waals surface area contributed by atoms with Crippen molar-refractivity contribution in [3.8, 4) is 39.6 Å². The summed E-state index contributed by atoms with van der Waals surface area (Å²) in [4.78, 5) is 35.0. The molecule has 17 heteroatoms. The fourth-order valence-electron chi connectivity index (χ4n) is 5.51. The minimum absolute atomic E-state index is 0. The average molecular weight is 868 g/mol. The minimum atomic E-state index is -0.942. The molecule has 2 heterocycles. The SMILES string of the molecule is Cl.Cl.N#Cc1c(N)nc(SCc2csc(-c3ccc(Cl)cc3)n2)c(C#N)c1-c1ccc(OCCOC(=O)[C@H](Cc2ccccc2)NC(=O)[C@@H](N)CCCCN)cc1. The fourth-order valence-corrected chi connectivity index (χ4v) is 7.46. The number of pyridine rings is 1. The molecular formula is C40H41Cl3N8O4S2. The highest BCUT2D eigenvalue weighted by Crippen LogP contribution is 2.37. The Morgan fingerprint density at radius 1 is 0.912 bits per heavy atom. The summed E-state index contributed by atoms with van der Waals surface area (Å²) in [5, 5.41) is 26.8. The van der Waals surface area contributed by atoms with E-state index < -0.39 is 24.0 Å². The highest BCUT2D eigenvalue weighted by molar-refractivity contribution is 7.98. The first-order valence-electron chi connectivity index (χ1n) is 17.4. The van der Waals surface area contributed by atoms with Crippen LogP contribution < -0.4 is 27.3 Å². The number of thioether (sulfide) groups is 1. The van der Waals surface area contributed by atoms with E-state index in [1.165, 1.54) is 23.1 Å². The quantitative estimate of drug-likeness (QED) is 0.0394. The summed E-state index contributed by atoms with van der Waals surface area (Å²) >= 11 is 8.83. The number of hydrogen-bond donors (Lipinski definition) is 4. The Morgan fingerprint density at radius 2 is 1.60 bits per heavy atom. The van der Waals surface area contributed by atoms with E-state index >= 15 is 0 Å². The third-order valence-corrected chi connectivity index (χ3v) is 10.5.